The molecule has 1 rings (SSSR count). The molecule has 0 aromatic heterocycles. The van der Waals surface area contributed by atoms with Crippen LogP contribution < -0.4 is 0 Å². The van der Waals surface area contributed by atoms with Gasteiger partial charge in [-0.05, 0) is 19.3 Å². The zero-order valence-electron chi connectivity index (χ0n) is 7.14. The Hall–Kier alpha value is -0.370. The van der Waals surface area contributed by atoms with Crippen molar-refractivity contribution in [3.8, 4) is 0 Å². The van der Waals surface area contributed by atoms with Crippen LogP contribution in [0, 0.1) is 5.92 Å². The third kappa shape index (κ3) is 2.62. The van der Waals surface area contributed by atoms with E-state index >= 15 is 0 Å². The molecule has 2 nitrogen and oxygen atoms in total. The van der Waals surface area contributed by atoms with Crippen LogP contribution in [0.1, 0.15) is 32.1 Å². The predicted octanol–water partition coefficient (Wildman–Crippen LogP) is 1.78. The molecule has 0 amide bonds. The van der Waals surface area contributed by atoms with Gasteiger partial charge in [0.1, 0.15) is 5.78 Å². The van der Waals surface area contributed by atoms with Gasteiger partial charge in [0.25, 0.3) is 0 Å². The van der Waals surface area contributed by atoms with Crippen LogP contribution in [0.3, 0.4) is 0 Å². The third-order valence-electron chi connectivity index (χ3n) is 2.35. The molecule has 0 heterocycles. The largest absolute Gasteiger partial charge is 0.385 e. The lowest BCUT2D eigenvalue weighted by Crippen LogP contribution is -2.20. The van der Waals surface area contributed by atoms with Gasteiger partial charge in [0.2, 0.25) is 0 Å². The molecule has 0 radical (unpaired) electrons. The summed E-state index contributed by atoms with van der Waals surface area (Å²) >= 11 is 0. The fourth-order valence-electron chi connectivity index (χ4n) is 1.62. The molecule has 1 saturated carbocycles. The third-order valence-corrected chi connectivity index (χ3v) is 2.35. The number of methoxy groups -OCH3 is 1. The van der Waals surface area contributed by atoms with Crippen molar-refractivity contribution in [1.82, 2.24) is 0 Å². The first kappa shape index (κ1) is 8.72. The number of ketones is 1. The van der Waals surface area contributed by atoms with Crippen LogP contribution in [-0.2, 0) is 9.53 Å². The number of carbonyl (C=O) groups is 1. The van der Waals surface area contributed by atoms with Gasteiger partial charge in [-0.15, -0.1) is 0 Å². The fraction of sp³-hybridized carbons (Fsp3) is 0.889. The molecule has 1 aliphatic rings. The van der Waals surface area contributed by atoms with Gasteiger partial charge in [-0.1, -0.05) is 6.42 Å². The summed E-state index contributed by atoms with van der Waals surface area (Å²) in [7, 11) is 1.69. The second-order valence-corrected chi connectivity index (χ2v) is 3.19. The first-order valence-corrected chi connectivity index (χ1v) is 4.36. The highest BCUT2D eigenvalue weighted by Crippen LogP contribution is 2.22. The van der Waals surface area contributed by atoms with Gasteiger partial charge < -0.3 is 4.74 Å². The number of rotatable bonds is 3. The topological polar surface area (TPSA) is 26.3 Å². The molecule has 64 valence electrons. The summed E-state index contributed by atoms with van der Waals surface area (Å²) in [6.45, 7) is 0.733. The van der Waals surface area contributed by atoms with E-state index < -0.39 is 0 Å². The summed E-state index contributed by atoms with van der Waals surface area (Å²) in [5.41, 5.74) is 0. The van der Waals surface area contributed by atoms with Crippen LogP contribution >= 0.6 is 0 Å². The lowest BCUT2D eigenvalue weighted by atomic mass is 9.86. The summed E-state index contributed by atoms with van der Waals surface area (Å²) in [6.07, 6.45) is 5.13. The first-order chi connectivity index (χ1) is 5.34. The van der Waals surface area contributed by atoms with E-state index in [2.05, 4.69) is 0 Å². The molecular formula is C9H16O2. The van der Waals surface area contributed by atoms with Crippen molar-refractivity contribution in [3.05, 3.63) is 0 Å². The average Bonchev–Trinajstić information content (AvgIpc) is 2.03. The SMILES string of the molecule is COCC[C@@H]1CCCCC1=O. The smallest absolute Gasteiger partial charge is 0.136 e. The van der Waals surface area contributed by atoms with Gasteiger partial charge in [-0.25, -0.2) is 0 Å². The molecule has 0 aliphatic heterocycles. The Morgan fingerprint density at radius 2 is 2.36 bits per heavy atom. The van der Waals surface area contributed by atoms with Gasteiger partial charge in [0, 0.05) is 26.1 Å². The minimum atomic E-state index is 0.309. The summed E-state index contributed by atoms with van der Waals surface area (Å²) < 4.78 is 4.94. The van der Waals surface area contributed by atoms with Crippen LogP contribution in [-0.4, -0.2) is 19.5 Å². The van der Waals surface area contributed by atoms with Gasteiger partial charge in [0.15, 0.2) is 0 Å². The molecule has 0 spiro atoms. The molecular weight excluding hydrogens is 140 g/mol. The lowest BCUT2D eigenvalue weighted by Gasteiger charge is -2.19. The summed E-state index contributed by atoms with van der Waals surface area (Å²) in [4.78, 5) is 11.2. The van der Waals surface area contributed by atoms with Crippen LogP contribution in [0.5, 0.6) is 0 Å². The minimum absolute atomic E-state index is 0.309. The van der Waals surface area contributed by atoms with Crippen molar-refractivity contribution in [1.29, 1.82) is 0 Å². The van der Waals surface area contributed by atoms with Gasteiger partial charge >= 0.3 is 0 Å². The maximum absolute atomic E-state index is 11.2. The molecule has 0 N–H and O–H groups in total. The van der Waals surface area contributed by atoms with Crippen LogP contribution in [0.15, 0.2) is 0 Å². The molecule has 0 aromatic carbocycles. The highest BCUT2D eigenvalue weighted by molar-refractivity contribution is 5.81. The molecule has 1 aliphatic carbocycles. The Kier molecular flexibility index (Phi) is 3.57. The van der Waals surface area contributed by atoms with Gasteiger partial charge in [-0.2, -0.15) is 0 Å². The molecule has 0 bridgehead atoms. The Morgan fingerprint density at radius 1 is 1.55 bits per heavy atom. The number of Topliss-reactive ketones (excluding diaryl/α,β-unsaturated/α-hetero) is 1. The molecule has 11 heavy (non-hydrogen) atoms. The maximum atomic E-state index is 11.2. The van der Waals surface area contributed by atoms with E-state index in [1.807, 2.05) is 0 Å². The van der Waals surface area contributed by atoms with E-state index in [0.29, 0.717) is 11.7 Å². The fourth-order valence-corrected chi connectivity index (χ4v) is 1.62. The molecule has 0 aromatic rings. The monoisotopic (exact) mass is 156 g/mol. The lowest BCUT2D eigenvalue weighted by molar-refractivity contribution is -0.125. The summed E-state index contributed by atoms with van der Waals surface area (Å²) in [6, 6.07) is 0. The van der Waals surface area contributed by atoms with Gasteiger partial charge in [-0.3, -0.25) is 4.79 Å². The number of hydrogen-bond acceptors (Lipinski definition) is 2. The predicted molar refractivity (Wildman–Crippen MR) is 43.5 cm³/mol. The molecule has 1 fully saturated rings. The first-order valence-electron chi connectivity index (χ1n) is 4.36. The molecule has 2 heteroatoms. The van der Waals surface area contributed by atoms with Crippen molar-refractivity contribution in [2.24, 2.45) is 5.92 Å². The maximum Gasteiger partial charge on any atom is 0.136 e. The van der Waals surface area contributed by atoms with Gasteiger partial charge in [0.05, 0.1) is 0 Å². The van der Waals surface area contributed by atoms with E-state index in [4.69, 9.17) is 4.74 Å². The zero-order chi connectivity index (χ0) is 8.10. The van der Waals surface area contributed by atoms with Crippen LogP contribution in [0.25, 0.3) is 0 Å². The quantitative estimate of drug-likeness (QED) is 0.622. The molecule has 0 saturated heterocycles. The van der Waals surface area contributed by atoms with E-state index in [-0.39, 0.29) is 0 Å². The second-order valence-electron chi connectivity index (χ2n) is 3.19. The Bertz CT molecular complexity index is 132. The highest BCUT2D eigenvalue weighted by Gasteiger charge is 2.21. The average molecular weight is 156 g/mol. The standard InChI is InChI=1S/C9H16O2/c1-11-7-6-8-4-2-3-5-9(8)10/h8H,2-7H2,1H3/t8-/m0/s1. The number of hydrogen-bond donors (Lipinski definition) is 0. The van der Waals surface area contributed by atoms with Crippen molar-refractivity contribution < 1.29 is 9.53 Å². The van der Waals surface area contributed by atoms with Crippen LogP contribution in [0.4, 0.5) is 0 Å². The van der Waals surface area contributed by atoms with Crippen molar-refractivity contribution in [2.75, 3.05) is 13.7 Å². The van der Waals surface area contributed by atoms with E-state index in [1.165, 1.54) is 6.42 Å². The Balaban J connectivity index is 2.24. The number of carbonyl (C=O) groups excluding carboxylic acids is 1. The van der Waals surface area contributed by atoms with E-state index in [9.17, 15) is 4.79 Å². The zero-order valence-corrected chi connectivity index (χ0v) is 7.14. The van der Waals surface area contributed by atoms with E-state index in [1.54, 1.807) is 7.11 Å². The Labute approximate surface area is 67.9 Å². The molecule has 1 atom stereocenters. The molecule has 0 unspecified atom stereocenters. The van der Waals surface area contributed by atoms with Crippen molar-refractivity contribution in [2.45, 2.75) is 32.1 Å². The second kappa shape index (κ2) is 4.50. The normalized spacial score (nSPS) is 25.5. The van der Waals surface area contributed by atoms with Crippen molar-refractivity contribution in [3.63, 3.8) is 0 Å². The Morgan fingerprint density at radius 3 is 3.00 bits per heavy atom. The van der Waals surface area contributed by atoms with Crippen LogP contribution in [0.2, 0.25) is 0 Å². The summed E-state index contributed by atoms with van der Waals surface area (Å²) in [5, 5.41) is 0. The van der Waals surface area contributed by atoms with E-state index in [0.717, 1.165) is 32.3 Å². The number of ether oxygens (including phenoxy) is 1. The van der Waals surface area contributed by atoms with Crippen molar-refractivity contribution >= 4 is 5.78 Å². The summed E-state index contributed by atoms with van der Waals surface area (Å²) in [5.74, 6) is 0.761. The minimum Gasteiger partial charge on any atom is -0.385 e. The highest BCUT2D eigenvalue weighted by atomic mass is 16.5.